The van der Waals surface area contributed by atoms with Crippen LogP contribution in [0.1, 0.15) is 44.1 Å². The zero-order valence-electron chi connectivity index (χ0n) is 15.3. The average molecular weight is 395 g/mol. The summed E-state index contributed by atoms with van der Waals surface area (Å²) in [5, 5.41) is 11.8. The van der Waals surface area contributed by atoms with E-state index in [0.717, 1.165) is 43.7 Å². The van der Waals surface area contributed by atoms with E-state index in [1.807, 2.05) is 17.0 Å². The Balaban J connectivity index is 0.00000261. The van der Waals surface area contributed by atoms with Crippen LogP contribution in [0.4, 0.5) is 5.82 Å². The number of pyridine rings is 1. The lowest BCUT2D eigenvalue weighted by atomic mass is 9.88. The first-order chi connectivity index (χ1) is 12.7. The van der Waals surface area contributed by atoms with Gasteiger partial charge in [0.25, 0.3) is 5.91 Å². The molecule has 1 aliphatic heterocycles. The van der Waals surface area contributed by atoms with Gasteiger partial charge in [0.05, 0.1) is 0 Å². The largest absolute Gasteiger partial charge is 0.365 e. The number of likely N-dealkylation sites (tertiary alicyclic amines) is 1. The van der Waals surface area contributed by atoms with Crippen molar-refractivity contribution < 1.29 is 14.8 Å². The van der Waals surface area contributed by atoms with Crippen LogP contribution in [0.15, 0.2) is 24.4 Å². The lowest BCUT2D eigenvalue weighted by Gasteiger charge is -2.26. The van der Waals surface area contributed by atoms with E-state index in [1.54, 1.807) is 17.8 Å². The molecule has 148 valence electrons. The summed E-state index contributed by atoms with van der Waals surface area (Å²) in [4.78, 5) is 29.9. The van der Waals surface area contributed by atoms with E-state index >= 15 is 0 Å². The maximum Gasteiger partial charge on any atom is 0.267 e. The molecule has 2 aliphatic rings. The molecule has 7 nitrogen and oxygen atoms in total. The molecule has 0 radical (unpaired) electrons. The molecule has 1 saturated heterocycles. The monoisotopic (exact) mass is 394 g/mol. The molecule has 1 saturated carbocycles. The number of carbonyl (C=O) groups is 2. The van der Waals surface area contributed by atoms with E-state index in [-0.39, 0.29) is 24.4 Å². The maximum atomic E-state index is 12.6. The third-order valence-electron chi connectivity index (χ3n) is 5.13. The molecule has 1 aliphatic carbocycles. The van der Waals surface area contributed by atoms with E-state index in [0.29, 0.717) is 5.91 Å². The van der Waals surface area contributed by atoms with Crippen molar-refractivity contribution in [1.82, 2.24) is 15.4 Å². The summed E-state index contributed by atoms with van der Waals surface area (Å²) in [7, 11) is 0. The summed E-state index contributed by atoms with van der Waals surface area (Å²) in [6.07, 6.45) is 11.1. The molecular weight excluding hydrogens is 368 g/mol. The number of hydrogen-bond acceptors (Lipinski definition) is 5. The number of nitrogens with zero attached hydrogens (tertiary/aromatic N) is 2. The summed E-state index contributed by atoms with van der Waals surface area (Å²) in [6, 6.07) is 3.91. The second-order valence-corrected chi connectivity index (χ2v) is 7.04. The quantitative estimate of drug-likeness (QED) is 0.405. The number of hydrogen-bond donors (Lipinski definition) is 3. The molecule has 3 N–H and O–H groups in total. The Hall–Kier alpha value is -2.12. The Labute approximate surface area is 165 Å². The number of amides is 2. The molecule has 0 bridgehead atoms. The highest BCUT2D eigenvalue weighted by Crippen LogP contribution is 2.27. The zero-order valence-corrected chi connectivity index (χ0v) is 16.1. The van der Waals surface area contributed by atoms with Crippen molar-refractivity contribution in [1.29, 1.82) is 0 Å². The van der Waals surface area contributed by atoms with Gasteiger partial charge in [-0.3, -0.25) is 14.8 Å². The Bertz CT molecular complexity index is 659. The van der Waals surface area contributed by atoms with Gasteiger partial charge in [-0.2, -0.15) is 0 Å². The lowest BCUT2D eigenvalue weighted by molar-refractivity contribution is -0.135. The van der Waals surface area contributed by atoms with Crippen molar-refractivity contribution in [3.63, 3.8) is 0 Å². The molecular formula is C19H27ClN4O3. The Morgan fingerprint density at radius 3 is 2.63 bits per heavy atom. The van der Waals surface area contributed by atoms with Crippen molar-refractivity contribution in [2.45, 2.75) is 44.6 Å². The van der Waals surface area contributed by atoms with Gasteiger partial charge in [0.2, 0.25) is 5.91 Å². The van der Waals surface area contributed by atoms with Gasteiger partial charge < -0.3 is 10.2 Å². The molecule has 1 aromatic heterocycles. The highest BCUT2D eigenvalue weighted by molar-refractivity contribution is 5.90. The third-order valence-corrected chi connectivity index (χ3v) is 5.13. The van der Waals surface area contributed by atoms with Gasteiger partial charge in [0.1, 0.15) is 5.82 Å². The molecule has 0 unspecified atom stereocenters. The first-order valence-corrected chi connectivity index (χ1v) is 9.29. The lowest BCUT2D eigenvalue weighted by Crippen LogP contribution is -2.36. The summed E-state index contributed by atoms with van der Waals surface area (Å²) in [5.41, 5.74) is 2.30. The maximum absolute atomic E-state index is 12.6. The summed E-state index contributed by atoms with van der Waals surface area (Å²) < 4.78 is 0. The van der Waals surface area contributed by atoms with Crippen LogP contribution in [0.5, 0.6) is 0 Å². The van der Waals surface area contributed by atoms with Crippen molar-refractivity contribution >= 4 is 36.1 Å². The number of nitrogens with one attached hydrogen (secondary N) is 2. The fourth-order valence-electron chi connectivity index (χ4n) is 3.69. The fraction of sp³-hybridized carbons (Fsp3) is 0.526. The SMILES string of the molecule is Cl.O=C(/C=C/c1ccc(N[C@@H]2CCN(C(=O)C3CCCCC3)C2)nc1)NO. The predicted octanol–water partition coefficient (Wildman–Crippen LogP) is 2.62. The minimum Gasteiger partial charge on any atom is -0.365 e. The second-order valence-electron chi connectivity index (χ2n) is 7.04. The van der Waals surface area contributed by atoms with Crippen molar-refractivity contribution in [2.75, 3.05) is 18.4 Å². The molecule has 1 aromatic rings. The normalized spacial score (nSPS) is 20.3. The molecule has 1 atom stereocenters. The van der Waals surface area contributed by atoms with Crippen LogP contribution in [-0.2, 0) is 9.59 Å². The molecule has 2 amide bonds. The van der Waals surface area contributed by atoms with Crippen LogP contribution < -0.4 is 10.8 Å². The van der Waals surface area contributed by atoms with Gasteiger partial charge in [-0.15, -0.1) is 12.4 Å². The van der Waals surface area contributed by atoms with Gasteiger partial charge in [-0.1, -0.05) is 19.3 Å². The average Bonchev–Trinajstić information content (AvgIpc) is 3.15. The topological polar surface area (TPSA) is 94.6 Å². The van der Waals surface area contributed by atoms with Crippen LogP contribution in [-0.4, -0.2) is 46.0 Å². The molecule has 0 aromatic carbocycles. The first-order valence-electron chi connectivity index (χ1n) is 9.29. The molecule has 3 rings (SSSR count). The second kappa shape index (κ2) is 10.3. The molecule has 0 spiro atoms. The zero-order chi connectivity index (χ0) is 18.4. The number of rotatable bonds is 5. The van der Waals surface area contributed by atoms with Gasteiger partial charge in [-0.05, 0) is 43.0 Å². The Morgan fingerprint density at radius 1 is 1.19 bits per heavy atom. The molecule has 2 fully saturated rings. The Kier molecular flexibility index (Phi) is 8.06. The minimum atomic E-state index is -0.583. The van der Waals surface area contributed by atoms with Crippen LogP contribution in [0.25, 0.3) is 6.08 Å². The number of hydroxylamine groups is 1. The standard InChI is InChI=1S/C19H26N4O3.ClH/c24-18(22-26)9-7-14-6-8-17(20-12-14)21-16-10-11-23(13-16)19(25)15-4-2-1-3-5-15;/h6-9,12,15-16,26H,1-5,10-11,13H2,(H,20,21)(H,22,24);1H/b9-7+;/t16-;/m1./s1. The summed E-state index contributed by atoms with van der Waals surface area (Å²) in [6.45, 7) is 1.54. The fourth-order valence-corrected chi connectivity index (χ4v) is 3.69. The van der Waals surface area contributed by atoms with E-state index in [4.69, 9.17) is 5.21 Å². The van der Waals surface area contributed by atoms with Gasteiger partial charge in [0, 0.05) is 37.3 Å². The highest BCUT2D eigenvalue weighted by Gasteiger charge is 2.31. The number of aromatic nitrogens is 1. The predicted molar refractivity (Wildman–Crippen MR) is 106 cm³/mol. The number of carbonyl (C=O) groups excluding carboxylic acids is 2. The van der Waals surface area contributed by atoms with Crippen molar-refractivity contribution in [3.8, 4) is 0 Å². The van der Waals surface area contributed by atoms with Gasteiger partial charge in [0.15, 0.2) is 0 Å². The van der Waals surface area contributed by atoms with Crippen molar-refractivity contribution in [2.24, 2.45) is 5.92 Å². The van der Waals surface area contributed by atoms with Crippen LogP contribution in [0, 0.1) is 5.92 Å². The number of anilines is 1. The third kappa shape index (κ3) is 5.94. The van der Waals surface area contributed by atoms with E-state index in [9.17, 15) is 9.59 Å². The van der Waals surface area contributed by atoms with Crippen LogP contribution in [0.2, 0.25) is 0 Å². The van der Waals surface area contributed by atoms with Crippen LogP contribution in [0.3, 0.4) is 0 Å². The summed E-state index contributed by atoms with van der Waals surface area (Å²) >= 11 is 0. The van der Waals surface area contributed by atoms with Gasteiger partial charge in [-0.25, -0.2) is 10.5 Å². The molecule has 2 heterocycles. The van der Waals surface area contributed by atoms with E-state index < -0.39 is 5.91 Å². The van der Waals surface area contributed by atoms with Crippen LogP contribution >= 0.6 is 12.4 Å². The van der Waals surface area contributed by atoms with E-state index in [2.05, 4.69) is 10.3 Å². The smallest absolute Gasteiger partial charge is 0.267 e. The Morgan fingerprint density at radius 2 is 1.96 bits per heavy atom. The molecule has 27 heavy (non-hydrogen) atoms. The first kappa shape index (κ1) is 21.2. The van der Waals surface area contributed by atoms with E-state index in [1.165, 1.54) is 25.3 Å². The minimum absolute atomic E-state index is 0. The van der Waals surface area contributed by atoms with Gasteiger partial charge >= 0.3 is 0 Å². The molecule has 8 heteroatoms. The number of halogens is 1. The van der Waals surface area contributed by atoms with Crippen molar-refractivity contribution in [3.05, 3.63) is 30.0 Å². The highest BCUT2D eigenvalue weighted by atomic mass is 35.5. The summed E-state index contributed by atoms with van der Waals surface area (Å²) in [5.74, 6) is 0.721.